The predicted octanol–water partition coefficient (Wildman–Crippen LogP) is 0.653. The summed E-state index contributed by atoms with van der Waals surface area (Å²) in [6, 6.07) is 0. The first-order valence-corrected chi connectivity index (χ1v) is 4.10. The number of aliphatic carboxylic acids is 1. The molecule has 0 bridgehead atoms. The van der Waals surface area contributed by atoms with Crippen LogP contribution in [0.4, 0.5) is 0 Å². The van der Waals surface area contributed by atoms with Gasteiger partial charge < -0.3 is 5.11 Å². The molecule has 0 aliphatic heterocycles. The summed E-state index contributed by atoms with van der Waals surface area (Å²) in [5.74, 6) is -1.18. The van der Waals surface area contributed by atoms with Crippen molar-refractivity contribution in [2.45, 2.75) is 18.8 Å². The van der Waals surface area contributed by atoms with Gasteiger partial charge in [0.1, 0.15) is 5.92 Å². The van der Waals surface area contributed by atoms with Gasteiger partial charge in [0.15, 0.2) is 0 Å². The molecule has 1 aromatic heterocycles. The molecular weight excluding hydrogens is 164 g/mol. The summed E-state index contributed by atoms with van der Waals surface area (Å²) in [7, 11) is 0. The van der Waals surface area contributed by atoms with E-state index in [1.54, 1.807) is 0 Å². The van der Waals surface area contributed by atoms with E-state index < -0.39 is 11.9 Å². The molecule has 0 fully saturated rings. The lowest BCUT2D eigenvalue weighted by atomic mass is 10.1. The van der Waals surface area contributed by atoms with Crippen LogP contribution >= 0.6 is 11.5 Å². The maximum Gasteiger partial charge on any atom is 0.312 e. The van der Waals surface area contributed by atoms with Gasteiger partial charge in [0.05, 0.1) is 5.69 Å². The summed E-state index contributed by atoms with van der Waals surface area (Å²) in [5.41, 5.74) is 0.683. The van der Waals surface area contributed by atoms with Gasteiger partial charge in [0.25, 0.3) is 0 Å². The minimum absolute atomic E-state index is 0.399. The van der Waals surface area contributed by atoms with Crippen molar-refractivity contribution < 1.29 is 9.90 Å². The quantitative estimate of drug-likeness (QED) is 0.672. The maximum absolute atomic E-state index is 10.6. The molecule has 0 saturated heterocycles. The van der Waals surface area contributed by atoms with Gasteiger partial charge in [-0.05, 0) is 24.4 Å². The molecule has 1 aromatic rings. The Morgan fingerprint density at radius 1 is 1.73 bits per heavy atom. The number of rotatable bonds is 1. The summed E-state index contributed by atoms with van der Waals surface area (Å²) in [6.07, 6.45) is 1.51. The highest BCUT2D eigenvalue weighted by molar-refractivity contribution is 7.05. The Morgan fingerprint density at radius 3 is 3.27 bits per heavy atom. The van der Waals surface area contributed by atoms with Crippen LogP contribution in [0.3, 0.4) is 0 Å². The Bertz CT molecular complexity index is 297. The first kappa shape index (κ1) is 6.72. The zero-order valence-electron chi connectivity index (χ0n) is 5.65. The largest absolute Gasteiger partial charge is 0.481 e. The van der Waals surface area contributed by atoms with Crippen molar-refractivity contribution in [2.24, 2.45) is 0 Å². The minimum Gasteiger partial charge on any atom is -0.481 e. The Kier molecular flexibility index (Phi) is 1.38. The van der Waals surface area contributed by atoms with E-state index in [1.165, 1.54) is 11.5 Å². The van der Waals surface area contributed by atoms with Crippen molar-refractivity contribution in [3.8, 4) is 0 Å². The van der Waals surface area contributed by atoms with Crippen LogP contribution in [0, 0.1) is 0 Å². The summed E-state index contributed by atoms with van der Waals surface area (Å²) >= 11 is 1.31. The minimum atomic E-state index is -0.781. The first-order valence-electron chi connectivity index (χ1n) is 3.33. The normalized spacial score (nSPS) is 21.6. The molecule has 0 spiro atoms. The Morgan fingerprint density at radius 2 is 2.55 bits per heavy atom. The van der Waals surface area contributed by atoms with E-state index in [-0.39, 0.29) is 0 Å². The van der Waals surface area contributed by atoms with Gasteiger partial charge in [0, 0.05) is 4.88 Å². The van der Waals surface area contributed by atoms with Gasteiger partial charge in [-0.25, -0.2) is 0 Å². The summed E-state index contributed by atoms with van der Waals surface area (Å²) in [6.45, 7) is 0. The Labute approximate surface area is 67.0 Å². The number of nitrogens with zero attached hydrogens (tertiary/aromatic N) is 2. The molecule has 0 saturated carbocycles. The number of carboxylic acids is 1. The monoisotopic (exact) mass is 170 g/mol. The lowest BCUT2D eigenvalue weighted by Crippen LogP contribution is -2.08. The molecule has 0 amide bonds. The van der Waals surface area contributed by atoms with Gasteiger partial charge >= 0.3 is 5.97 Å². The average molecular weight is 170 g/mol. The van der Waals surface area contributed by atoms with E-state index >= 15 is 0 Å². The fourth-order valence-electron chi connectivity index (χ4n) is 1.31. The number of hydrogen-bond donors (Lipinski definition) is 1. The summed E-state index contributed by atoms with van der Waals surface area (Å²) in [5, 5.41) is 12.5. The van der Waals surface area contributed by atoms with Crippen LogP contribution in [0.15, 0.2) is 0 Å². The number of carbonyl (C=O) groups is 1. The second-order valence-electron chi connectivity index (χ2n) is 2.51. The topological polar surface area (TPSA) is 63.1 Å². The number of aromatic nitrogens is 2. The molecule has 1 aliphatic rings. The molecule has 4 nitrogen and oxygen atoms in total. The molecule has 5 heteroatoms. The molecular formula is C6H6N2O2S. The van der Waals surface area contributed by atoms with Crippen molar-refractivity contribution >= 4 is 17.5 Å². The van der Waals surface area contributed by atoms with Gasteiger partial charge in [-0.2, -0.15) is 0 Å². The van der Waals surface area contributed by atoms with E-state index in [0.29, 0.717) is 12.1 Å². The van der Waals surface area contributed by atoms with E-state index in [4.69, 9.17) is 5.11 Å². The highest BCUT2D eigenvalue weighted by atomic mass is 32.1. The number of hydrogen-bond acceptors (Lipinski definition) is 4. The van der Waals surface area contributed by atoms with E-state index in [0.717, 1.165) is 11.3 Å². The number of fused-ring (bicyclic) bond motifs is 1. The average Bonchev–Trinajstić information content (AvgIpc) is 2.41. The number of carboxylic acid groups (broad SMARTS) is 1. The molecule has 1 unspecified atom stereocenters. The molecule has 1 atom stereocenters. The summed E-state index contributed by atoms with van der Waals surface area (Å²) in [4.78, 5) is 11.6. The lowest BCUT2D eigenvalue weighted by Gasteiger charge is -1.98. The van der Waals surface area contributed by atoms with Crippen molar-refractivity contribution in [2.75, 3.05) is 0 Å². The lowest BCUT2D eigenvalue weighted by molar-refractivity contribution is -0.138. The van der Waals surface area contributed by atoms with Crippen molar-refractivity contribution in [1.82, 2.24) is 9.59 Å². The SMILES string of the molecule is O=C(O)C1CCc2snnc21. The van der Waals surface area contributed by atoms with Gasteiger partial charge in [-0.15, -0.1) is 5.10 Å². The van der Waals surface area contributed by atoms with Crippen LogP contribution in [-0.4, -0.2) is 20.7 Å². The van der Waals surface area contributed by atoms with Crippen LogP contribution in [0.2, 0.25) is 0 Å². The maximum atomic E-state index is 10.6. The van der Waals surface area contributed by atoms with Crippen LogP contribution in [0.5, 0.6) is 0 Å². The second kappa shape index (κ2) is 2.27. The Hall–Kier alpha value is -0.970. The molecule has 0 aromatic carbocycles. The van der Waals surface area contributed by atoms with Crippen molar-refractivity contribution in [3.05, 3.63) is 10.6 Å². The molecule has 58 valence electrons. The van der Waals surface area contributed by atoms with E-state index in [9.17, 15) is 4.79 Å². The van der Waals surface area contributed by atoms with Crippen molar-refractivity contribution in [3.63, 3.8) is 0 Å². The molecule has 0 radical (unpaired) electrons. The van der Waals surface area contributed by atoms with Crippen molar-refractivity contribution in [1.29, 1.82) is 0 Å². The van der Waals surface area contributed by atoms with E-state index in [1.807, 2.05) is 0 Å². The zero-order valence-corrected chi connectivity index (χ0v) is 6.47. The summed E-state index contributed by atoms with van der Waals surface area (Å²) < 4.78 is 3.70. The Balaban J connectivity index is 2.38. The predicted molar refractivity (Wildman–Crippen MR) is 38.6 cm³/mol. The van der Waals surface area contributed by atoms with Crippen LogP contribution in [0.25, 0.3) is 0 Å². The third-order valence-electron chi connectivity index (χ3n) is 1.87. The standard InChI is InChI=1S/C6H6N2O2S/c9-6(10)3-1-2-4-5(3)7-8-11-4/h3H,1-2H2,(H,9,10). The number of aryl methyl sites for hydroxylation is 1. The molecule has 2 rings (SSSR count). The van der Waals surface area contributed by atoms with Crippen LogP contribution in [-0.2, 0) is 11.2 Å². The fraction of sp³-hybridized carbons (Fsp3) is 0.500. The third kappa shape index (κ3) is 0.920. The second-order valence-corrected chi connectivity index (χ2v) is 3.35. The van der Waals surface area contributed by atoms with Crippen LogP contribution < -0.4 is 0 Å². The first-order chi connectivity index (χ1) is 5.29. The zero-order chi connectivity index (χ0) is 7.84. The molecule has 11 heavy (non-hydrogen) atoms. The third-order valence-corrected chi connectivity index (χ3v) is 2.67. The van der Waals surface area contributed by atoms with Gasteiger partial charge in [-0.3, -0.25) is 4.79 Å². The fourth-order valence-corrected chi connectivity index (χ4v) is 2.02. The molecule has 1 heterocycles. The highest BCUT2D eigenvalue weighted by Crippen LogP contribution is 2.33. The van der Waals surface area contributed by atoms with E-state index in [2.05, 4.69) is 9.59 Å². The molecule has 1 N–H and O–H groups in total. The molecule has 1 aliphatic carbocycles. The smallest absolute Gasteiger partial charge is 0.312 e. The van der Waals surface area contributed by atoms with Gasteiger partial charge in [-0.1, -0.05) is 4.49 Å². The highest BCUT2D eigenvalue weighted by Gasteiger charge is 2.31. The van der Waals surface area contributed by atoms with Crippen LogP contribution in [0.1, 0.15) is 22.9 Å². The van der Waals surface area contributed by atoms with Gasteiger partial charge in [0.2, 0.25) is 0 Å².